The number of aromatic amines is 1. The highest BCUT2D eigenvalue weighted by atomic mass is 15.5. The number of nitrogens with one attached hydrogen (secondary N) is 1. The molecule has 1 aromatic carbocycles. The number of likely N-dealkylation sites (tertiary alicyclic amines) is 1. The Hall–Kier alpha value is -1.75. The van der Waals surface area contributed by atoms with Crippen molar-refractivity contribution in [3.8, 4) is 11.4 Å². The smallest absolute Gasteiger partial charge is 0.204 e. The predicted molar refractivity (Wildman–Crippen MR) is 104 cm³/mol. The summed E-state index contributed by atoms with van der Waals surface area (Å²) in [4.78, 5) is 2.90. The van der Waals surface area contributed by atoms with E-state index >= 15 is 0 Å². The van der Waals surface area contributed by atoms with Gasteiger partial charge >= 0.3 is 0 Å². The van der Waals surface area contributed by atoms with E-state index in [1.165, 1.54) is 70.9 Å². The van der Waals surface area contributed by atoms with Gasteiger partial charge in [0.1, 0.15) is 0 Å². The molecule has 27 heavy (non-hydrogen) atoms. The molecule has 1 N–H and O–H groups in total. The number of nitrogens with zero attached hydrogens (tertiary/aromatic N) is 4. The van der Waals surface area contributed by atoms with E-state index in [1.807, 2.05) is 0 Å². The van der Waals surface area contributed by atoms with Gasteiger partial charge in [-0.3, -0.25) is 4.90 Å². The quantitative estimate of drug-likeness (QED) is 0.903. The molecule has 5 heteroatoms. The highest BCUT2D eigenvalue weighted by molar-refractivity contribution is 5.59. The van der Waals surface area contributed by atoms with Gasteiger partial charge in [-0.2, -0.15) is 5.21 Å². The maximum absolute atomic E-state index is 4.22. The average molecular weight is 364 g/mol. The molecule has 2 aromatic rings. The molecule has 0 unspecified atom stereocenters. The van der Waals surface area contributed by atoms with E-state index in [0.717, 1.165) is 29.3 Å². The van der Waals surface area contributed by atoms with E-state index in [-0.39, 0.29) is 0 Å². The van der Waals surface area contributed by atoms with Crippen molar-refractivity contribution >= 4 is 0 Å². The third-order valence-electron chi connectivity index (χ3n) is 8.27. The molecule has 3 aliphatic carbocycles. The van der Waals surface area contributed by atoms with Crippen molar-refractivity contribution in [2.45, 2.75) is 69.2 Å². The summed E-state index contributed by atoms with van der Waals surface area (Å²) in [6.45, 7) is 2.65. The Kier molecular flexibility index (Phi) is 3.68. The van der Waals surface area contributed by atoms with Crippen LogP contribution in [0.5, 0.6) is 0 Å². The number of fused-ring (bicyclic) bond motifs is 1. The molecule has 4 aliphatic rings. The Bertz CT molecular complexity index is 827. The summed E-state index contributed by atoms with van der Waals surface area (Å²) >= 11 is 0. The second-order valence-electron chi connectivity index (χ2n) is 9.43. The van der Waals surface area contributed by atoms with Crippen LogP contribution in [0, 0.1) is 11.8 Å². The Morgan fingerprint density at radius 1 is 1.11 bits per heavy atom. The molecule has 1 aromatic heterocycles. The molecule has 3 fully saturated rings. The lowest BCUT2D eigenvalue weighted by Gasteiger charge is -2.59. The first-order valence-electron chi connectivity index (χ1n) is 10.9. The summed E-state index contributed by atoms with van der Waals surface area (Å²) in [7, 11) is 0. The summed E-state index contributed by atoms with van der Waals surface area (Å²) in [5, 5.41) is 14.8. The average Bonchev–Trinajstić information content (AvgIpc) is 3.20. The third-order valence-corrected chi connectivity index (χ3v) is 8.27. The van der Waals surface area contributed by atoms with E-state index in [1.54, 1.807) is 11.1 Å². The number of hydrogen-bond acceptors (Lipinski definition) is 4. The molecule has 2 heterocycles. The molecule has 0 amide bonds. The zero-order valence-electron chi connectivity index (χ0n) is 16.0. The standard InChI is InChI=1S/C22H29N5/c1-2-9-22-10-11-27(14-15-4-3-5-15)20(18(22)6-1)13-16-7-8-17(12-19(16)22)21-23-25-26-24-21/h7-8,12,15,18,20H,1-6,9-11,13-14H2,(H,23,24,25,26)/t18-,20-,22-/m0/s1. The Balaban J connectivity index is 1.41. The molecule has 1 saturated heterocycles. The van der Waals surface area contributed by atoms with Gasteiger partial charge in [0.05, 0.1) is 0 Å². The van der Waals surface area contributed by atoms with Gasteiger partial charge in [-0.1, -0.05) is 31.4 Å². The normalized spacial score (nSPS) is 33.2. The van der Waals surface area contributed by atoms with E-state index in [2.05, 4.69) is 43.7 Å². The topological polar surface area (TPSA) is 57.7 Å². The van der Waals surface area contributed by atoms with Crippen LogP contribution in [0.2, 0.25) is 0 Å². The van der Waals surface area contributed by atoms with Gasteiger partial charge in [0, 0.05) is 23.6 Å². The molecule has 5 nitrogen and oxygen atoms in total. The second kappa shape index (κ2) is 6.13. The number of tetrazole rings is 1. The maximum Gasteiger partial charge on any atom is 0.204 e. The van der Waals surface area contributed by atoms with Gasteiger partial charge in [0.15, 0.2) is 0 Å². The number of benzene rings is 1. The van der Waals surface area contributed by atoms with Crippen molar-refractivity contribution in [1.82, 2.24) is 25.5 Å². The summed E-state index contributed by atoms with van der Waals surface area (Å²) in [6, 6.07) is 7.75. The fourth-order valence-electron chi connectivity index (χ4n) is 6.74. The van der Waals surface area contributed by atoms with Crippen LogP contribution in [0.3, 0.4) is 0 Å². The van der Waals surface area contributed by atoms with Crippen LogP contribution in [-0.4, -0.2) is 44.7 Å². The SMILES string of the molecule is c1cc2c(cc1-c1nn[nH]n1)[C@]13CCCC[C@H]1[C@H](C2)N(CC1CCC1)CC3. The van der Waals surface area contributed by atoms with Crippen LogP contribution in [0.1, 0.15) is 62.5 Å². The van der Waals surface area contributed by atoms with E-state index in [0.29, 0.717) is 5.41 Å². The van der Waals surface area contributed by atoms with E-state index < -0.39 is 0 Å². The number of rotatable bonds is 3. The minimum atomic E-state index is 0.395. The third kappa shape index (κ3) is 2.43. The van der Waals surface area contributed by atoms with Gasteiger partial charge in [0.2, 0.25) is 5.82 Å². The molecule has 142 valence electrons. The lowest BCUT2D eigenvalue weighted by Crippen LogP contribution is -2.61. The van der Waals surface area contributed by atoms with E-state index in [4.69, 9.17) is 0 Å². The maximum atomic E-state index is 4.22. The summed E-state index contributed by atoms with van der Waals surface area (Å²) in [5.41, 5.74) is 4.72. The zero-order valence-corrected chi connectivity index (χ0v) is 16.0. The lowest BCUT2D eigenvalue weighted by molar-refractivity contribution is -0.0239. The van der Waals surface area contributed by atoms with Crippen LogP contribution >= 0.6 is 0 Å². The van der Waals surface area contributed by atoms with Crippen molar-refractivity contribution in [1.29, 1.82) is 0 Å². The Morgan fingerprint density at radius 3 is 2.89 bits per heavy atom. The largest absolute Gasteiger partial charge is 0.299 e. The van der Waals surface area contributed by atoms with Gasteiger partial charge in [-0.15, -0.1) is 10.2 Å². The van der Waals surface area contributed by atoms with Crippen LogP contribution in [0.25, 0.3) is 11.4 Å². The molecular weight excluding hydrogens is 334 g/mol. The van der Waals surface area contributed by atoms with Crippen LogP contribution in [-0.2, 0) is 11.8 Å². The van der Waals surface area contributed by atoms with Gasteiger partial charge in [-0.25, -0.2) is 0 Å². The molecule has 6 rings (SSSR count). The Morgan fingerprint density at radius 2 is 2.07 bits per heavy atom. The van der Waals surface area contributed by atoms with Crippen molar-refractivity contribution in [2.24, 2.45) is 11.8 Å². The highest BCUT2D eigenvalue weighted by Crippen LogP contribution is 2.56. The first-order valence-corrected chi connectivity index (χ1v) is 10.9. The zero-order chi connectivity index (χ0) is 17.8. The van der Waals surface area contributed by atoms with Gasteiger partial charge < -0.3 is 0 Å². The molecule has 1 aliphatic heterocycles. The van der Waals surface area contributed by atoms with Crippen LogP contribution in [0.4, 0.5) is 0 Å². The van der Waals surface area contributed by atoms with Crippen molar-refractivity contribution in [3.63, 3.8) is 0 Å². The monoisotopic (exact) mass is 363 g/mol. The van der Waals surface area contributed by atoms with Gasteiger partial charge in [-0.05, 0) is 79.3 Å². The van der Waals surface area contributed by atoms with Crippen LogP contribution in [0.15, 0.2) is 18.2 Å². The number of hydrogen-bond donors (Lipinski definition) is 1. The number of aromatic nitrogens is 4. The first-order chi connectivity index (χ1) is 13.3. The lowest BCUT2D eigenvalue weighted by atomic mass is 9.52. The number of piperidine rings is 1. The molecule has 3 atom stereocenters. The van der Waals surface area contributed by atoms with Crippen LogP contribution < -0.4 is 0 Å². The molecular formula is C22H29N5. The fourth-order valence-corrected chi connectivity index (χ4v) is 6.74. The minimum Gasteiger partial charge on any atom is -0.299 e. The molecule has 0 radical (unpaired) electrons. The second-order valence-corrected chi connectivity index (χ2v) is 9.43. The predicted octanol–water partition coefficient (Wildman–Crippen LogP) is 3.73. The molecule has 0 spiro atoms. The summed E-state index contributed by atoms with van der Waals surface area (Å²) in [5.74, 6) is 2.54. The van der Waals surface area contributed by atoms with Gasteiger partial charge in [0.25, 0.3) is 0 Å². The number of H-pyrrole nitrogens is 1. The first kappa shape index (κ1) is 16.2. The summed E-state index contributed by atoms with van der Waals surface area (Å²) in [6.07, 6.45) is 12.5. The Labute approximate surface area is 160 Å². The summed E-state index contributed by atoms with van der Waals surface area (Å²) < 4.78 is 0. The van der Waals surface area contributed by atoms with Crippen molar-refractivity contribution in [2.75, 3.05) is 13.1 Å². The molecule has 2 saturated carbocycles. The minimum absolute atomic E-state index is 0.395. The van der Waals surface area contributed by atoms with Crippen molar-refractivity contribution < 1.29 is 0 Å². The highest BCUT2D eigenvalue weighted by Gasteiger charge is 2.53. The fraction of sp³-hybridized carbons (Fsp3) is 0.682. The molecule has 2 bridgehead atoms. The van der Waals surface area contributed by atoms with Crippen molar-refractivity contribution in [3.05, 3.63) is 29.3 Å². The van der Waals surface area contributed by atoms with E-state index in [9.17, 15) is 0 Å².